The molecule has 144 valence electrons. The first-order valence-electron chi connectivity index (χ1n) is 9.35. The largest absolute Gasteiger partial charge is 0.498 e. The molecule has 0 N–H and O–H groups in total. The molecule has 1 aliphatic rings. The number of methoxy groups -OCH3 is 1. The second-order valence-electron chi connectivity index (χ2n) is 8.22. The first-order valence-corrected chi connectivity index (χ1v) is 10.3. The van der Waals surface area contributed by atoms with Crippen LogP contribution in [-0.4, -0.2) is 25.4 Å². The molecule has 5 heteroatoms. The van der Waals surface area contributed by atoms with Crippen LogP contribution in [0.5, 0.6) is 5.75 Å². The van der Waals surface area contributed by atoms with Crippen LogP contribution >= 0.6 is 11.8 Å². The van der Waals surface area contributed by atoms with Crippen molar-refractivity contribution < 1.29 is 14.0 Å². The number of rotatable bonds is 5. The number of hydrogen-bond acceptors (Lipinski definition) is 4. The molecule has 2 aromatic carbocycles. The highest BCUT2D eigenvalue weighted by molar-refractivity contribution is 7.98. The molecule has 2 aromatic rings. The fourth-order valence-electron chi connectivity index (χ4n) is 3.15. The molecule has 1 aliphatic heterocycles. The Bertz CT molecular complexity index is 816. The minimum absolute atomic E-state index is 0.369. The van der Waals surface area contributed by atoms with Crippen LogP contribution in [0.4, 0.5) is 0 Å². The van der Waals surface area contributed by atoms with Gasteiger partial charge in [0.1, 0.15) is 5.75 Å². The summed E-state index contributed by atoms with van der Waals surface area (Å²) < 4.78 is 18.0. The van der Waals surface area contributed by atoms with Crippen LogP contribution in [0.3, 0.4) is 0 Å². The van der Waals surface area contributed by atoms with E-state index < -0.39 is 7.12 Å². The van der Waals surface area contributed by atoms with Crippen LogP contribution in [0.15, 0.2) is 41.3 Å². The van der Waals surface area contributed by atoms with Gasteiger partial charge in [0.25, 0.3) is 0 Å². The second-order valence-corrected chi connectivity index (χ2v) is 9.24. The quantitative estimate of drug-likeness (QED) is 0.541. The van der Waals surface area contributed by atoms with Gasteiger partial charge in [-0.3, -0.25) is 0 Å². The number of ether oxygens (including phenoxy) is 1. The molecule has 0 aliphatic carbocycles. The first-order chi connectivity index (χ1) is 12.6. The van der Waals surface area contributed by atoms with E-state index in [1.807, 2.05) is 17.8 Å². The van der Waals surface area contributed by atoms with Gasteiger partial charge in [-0.25, -0.2) is 0 Å². The normalized spacial score (nSPS) is 18.0. The molecular formula is C22H29BO3S. The number of aryl methyl sites for hydroxylation is 2. The third kappa shape index (κ3) is 4.20. The molecule has 27 heavy (non-hydrogen) atoms. The Morgan fingerprint density at radius 3 is 2.22 bits per heavy atom. The van der Waals surface area contributed by atoms with Crippen molar-refractivity contribution in [3.8, 4) is 5.75 Å². The van der Waals surface area contributed by atoms with Crippen LogP contribution in [0.25, 0.3) is 0 Å². The maximum absolute atomic E-state index is 6.23. The zero-order chi connectivity index (χ0) is 19.8. The van der Waals surface area contributed by atoms with Crippen LogP contribution < -0.4 is 10.2 Å². The molecule has 3 nitrogen and oxygen atoms in total. The average molecular weight is 384 g/mol. The highest BCUT2D eigenvalue weighted by Crippen LogP contribution is 2.37. The lowest BCUT2D eigenvalue weighted by molar-refractivity contribution is 0.00578. The maximum atomic E-state index is 6.23. The molecule has 0 radical (unpaired) electrons. The van der Waals surface area contributed by atoms with E-state index in [1.54, 1.807) is 7.11 Å². The summed E-state index contributed by atoms with van der Waals surface area (Å²) in [4.78, 5) is 1.31. The van der Waals surface area contributed by atoms with Crippen molar-refractivity contribution >= 4 is 24.3 Å². The van der Waals surface area contributed by atoms with Crippen molar-refractivity contribution in [3.63, 3.8) is 0 Å². The van der Waals surface area contributed by atoms with Gasteiger partial charge in [0.05, 0.1) is 18.3 Å². The molecular weight excluding hydrogens is 355 g/mol. The van der Waals surface area contributed by atoms with Gasteiger partial charge in [-0.1, -0.05) is 29.8 Å². The van der Waals surface area contributed by atoms with Crippen molar-refractivity contribution in [3.05, 3.63) is 53.1 Å². The third-order valence-electron chi connectivity index (χ3n) is 5.53. The first kappa shape index (κ1) is 20.3. The van der Waals surface area contributed by atoms with Gasteiger partial charge >= 0.3 is 7.12 Å². The smallest absolute Gasteiger partial charge is 0.497 e. The highest BCUT2D eigenvalue weighted by atomic mass is 32.2. The maximum Gasteiger partial charge on any atom is 0.498 e. The molecule has 1 fully saturated rings. The fraction of sp³-hybridized carbons (Fsp3) is 0.455. The molecule has 0 amide bonds. The Labute approximate surface area is 167 Å². The molecule has 0 spiro atoms. The molecule has 1 saturated heterocycles. The third-order valence-corrected chi connectivity index (χ3v) is 6.77. The Kier molecular flexibility index (Phi) is 5.67. The Morgan fingerprint density at radius 2 is 1.63 bits per heavy atom. The number of thioether (sulfide) groups is 1. The van der Waals surface area contributed by atoms with E-state index in [1.165, 1.54) is 21.6 Å². The molecule has 1 heterocycles. The summed E-state index contributed by atoms with van der Waals surface area (Å²) in [5.41, 5.74) is 4.06. The molecule has 3 rings (SSSR count). The van der Waals surface area contributed by atoms with Crippen molar-refractivity contribution in [1.29, 1.82) is 0 Å². The zero-order valence-corrected chi connectivity index (χ0v) is 18.2. The van der Waals surface area contributed by atoms with Gasteiger partial charge in [-0.05, 0) is 64.8 Å². The number of hydrogen-bond donors (Lipinski definition) is 0. The molecule has 0 unspecified atom stereocenters. The van der Waals surface area contributed by atoms with Crippen molar-refractivity contribution in [2.75, 3.05) is 7.11 Å². The van der Waals surface area contributed by atoms with Gasteiger partial charge in [-0.2, -0.15) is 0 Å². The summed E-state index contributed by atoms with van der Waals surface area (Å²) in [5.74, 6) is 1.69. The minimum atomic E-state index is -0.420. The second kappa shape index (κ2) is 7.54. The highest BCUT2D eigenvalue weighted by Gasteiger charge is 2.52. The van der Waals surface area contributed by atoms with Gasteiger partial charge in [0.2, 0.25) is 0 Å². The lowest BCUT2D eigenvalue weighted by atomic mass is 9.77. The standard InChI is InChI=1S/C22H29BO3S/c1-15-8-11-20(16(2)12-15)27-14-17-9-10-19(24-7)18(13-17)23-25-21(3,4)22(5,6)26-23/h8-13H,14H2,1-7H3. The van der Waals surface area contributed by atoms with Gasteiger partial charge < -0.3 is 14.0 Å². The van der Waals surface area contributed by atoms with Crippen molar-refractivity contribution in [2.45, 2.75) is 63.4 Å². The predicted molar refractivity (Wildman–Crippen MR) is 114 cm³/mol. The van der Waals surface area contributed by atoms with Crippen molar-refractivity contribution in [1.82, 2.24) is 0 Å². The summed E-state index contributed by atoms with van der Waals surface area (Å²) in [6.45, 7) is 12.6. The van der Waals surface area contributed by atoms with Gasteiger partial charge in [-0.15, -0.1) is 11.8 Å². The predicted octanol–water partition coefficient (Wildman–Crippen LogP) is 4.90. The molecule has 0 saturated carbocycles. The Morgan fingerprint density at radius 1 is 0.963 bits per heavy atom. The molecule has 0 atom stereocenters. The van der Waals surface area contributed by atoms with E-state index in [9.17, 15) is 0 Å². The average Bonchev–Trinajstić information content (AvgIpc) is 2.81. The van der Waals surface area contributed by atoms with Crippen LogP contribution in [0.1, 0.15) is 44.4 Å². The van der Waals surface area contributed by atoms with Gasteiger partial charge in [0, 0.05) is 16.1 Å². The zero-order valence-electron chi connectivity index (χ0n) is 17.4. The van der Waals surface area contributed by atoms with E-state index in [2.05, 4.69) is 71.9 Å². The SMILES string of the molecule is COc1ccc(CSc2ccc(C)cc2C)cc1B1OC(C)(C)C(C)(C)O1. The minimum Gasteiger partial charge on any atom is -0.497 e. The topological polar surface area (TPSA) is 27.7 Å². The van der Waals surface area contributed by atoms with Crippen LogP contribution in [-0.2, 0) is 15.1 Å². The summed E-state index contributed by atoms with van der Waals surface area (Å²) >= 11 is 1.85. The van der Waals surface area contributed by atoms with E-state index in [0.29, 0.717) is 0 Å². The lowest BCUT2D eigenvalue weighted by Crippen LogP contribution is -2.41. The summed E-state index contributed by atoms with van der Waals surface area (Å²) in [5, 5.41) is 0. The monoisotopic (exact) mass is 384 g/mol. The summed E-state index contributed by atoms with van der Waals surface area (Å²) in [6.07, 6.45) is 0. The van der Waals surface area contributed by atoms with Crippen molar-refractivity contribution in [2.24, 2.45) is 0 Å². The van der Waals surface area contributed by atoms with E-state index >= 15 is 0 Å². The fourth-order valence-corrected chi connectivity index (χ4v) is 4.10. The Balaban J connectivity index is 1.82. The van der Waals surface area contributed by atoms with E-state index in [4.69, 9.17) is 14.0 Å². The molecule has 0 bridgehead atoms. The van der Waals surface area contributed by atoms with E-state index in [-0.39, 0.29) is 11.2 Å². The number of benzene rings is 2. The molecule has 0 aromatic heterocycles. The van der Waals surface area contributed by atoms with Crippen LogP contribution in [0.2, 0.25) is 0 Å². The summed E-state index contributed by atoms with van der Waals surface area (Å²) in [7, 11) is 1.27. The Hall–Kier alpha value is -1.43. The van der Waals surface area contributed by atoms with Crippen LogP contribution in [0, 0.1) is 13.8 Å². The van der Waals surface area contributed by atoms with Gasteiger partial charge in [0.15, 0.2) is 0 Å². The lowest BCUT2D eigenvalue weighted by Gasteiger charge is -2.32. The van der Waals surface area contributed by atoms with E-state index in [0.717, 1.165) is 17.0 Å². The summed E-state index contributed by atoms with van der Waals surface area (Å²) in [6, 6.07) is 12.9.